The molecule has 0 saturated heterocycles. The molecule has 1 heterocycles. The van der Waals surface area contributed by atoms with Gasteiger partial charge in [-0.2, -0.15) is 0 Å². The molecule has 0 radical (unpaired) electrons. The number of hydrogen-bond acceptors (Lipinski definition) is 6. The third-order valence-corrected chi connectivity index (χ3v) is 2.81. The molecule has 1 rings (SSSR count). The Morgan fingerprint density at radius 2 is 2.22 bits per heavy atom. The van der Waals surface area contributed by atoms with Crippen LogP contribution in [0.5, 0.6) is 0 Å². The van der Waals surface area contributed by atoms with Gasteiger partial charge in [-0.05, 0) is 13.3 Å². The van der Waals surface area contributed by atoms with E-state index in [9.17, 15) is 5.11 Å². The van der Waals surface area contributed by atoms with E-state index in [1.807, 2.05) is 6.92 Å². The molecule has 1 aromatic heterocycles. The molecule has 0 fully saturated rings. The second-order valence-electron chi connectivity index (χ2n) is 4.53. The van der Waals surface area contributed by atoms with Gasteiger partial charge in [0.05, 0.1) is 5.60 Å². The number of aromatic nitrogens is 2. The van der Waals surface area contributed by atoms with Gasteiger partial charge >= 0.3 is 0 Å². The Hall–Kier alpha value is -1.40. The van der Waals surface area contributed by atoms with Gasteiger partial charge in [-0.1, -0.05) is 6.92 Å². The van der Waals surface area contributed by atoms with Crippen molar-refractivity contribution in [1.29, 1.82) is 0 Å². The average Bonchev–Trinajstić information content (AvgIpc) is 2.34. The number of nitrogens with one attached hydrogen (secondary N) is 1. The number of hydrogen-bond donors (Lipinski definition) is 3. The van der Waals surface area contributed by atoms with E-state index < -0.39 is 5.60 Å². The molecular weight excluding hydrogens is 232 g/mol. The van der Waals surface area contributed by atoms with Crippen molar-refractivity contribution in [3.05, 3.63) is 11.9 Å². The van der Waals surface area contributed by atoms with E-state index in [0.717, 1.165) is 12.0 Å². The first-order valence-corrected chi connectivity index (χ1v) is 6.04. The van der Waals surface area contributed by atoms with Crippen molar-refractivity contribution >= 4 is 11.6 Å². The molecule has 1 atom stereocenters. The van der Waals surface area contributed by atoms with Crippen LogP contribution in [0.25, 0.3) is 0 Å². The molecular formula is C12H22N4O2. The van der Waals surface area contributed by atoms with Crippen molar-refractivity contribution in [3.63, 3.8) is 0 Å². The van der Waals surface area contributed by atoms with E-state index in [0.29, 0.717) is 31.2 Å². The van der Waals surface area contributed by atoms with E-state index in [2.05, 4.69) is 15.3 Å². The fourth-order valence-corrected chi connectivity index (χ4v) is 1.61. The lowest BCUT2D eigenvalue weighted by molar-refractivity contribution is 0.0357. The minimum atomic E-state index is -0.846. The number of nitrogens with zero attached hydrogens (tertiary/aromatic N) is 2. The molecule has 0 aromatic carbocycles. The quantitative estimate of drug-likeness (QED) is 0.667. The maximum atomic E-state index is 10.1. The van der Waals surface area contributed by atoms with Crippen LogP contribution >= 0.6 is 0 Å². The predicted molar refractivity (Wildman–Crippen MR) is 71.4 cm³/mol. The second kappa shape index (κ2) is 6.51. The van der Waals surface area contributed by atoms with Crippen LogP contribution in [0, 0.1) is 0 Å². The Kier molecular flexibility index (Phi) is 5.30. The fourth-order valence-electron chi connectivity index (χ4n) is 1.61. The first-order valence-electron chi connectivity index (χ1n) is 6.04. The van der Waals surface area contributed by atoms with Crippen LogP contribution < -0.4 is 11.1 Å². The van der Waals surface area contributed by atoms with Gasteiger partial charge in [-0.15, -0.1) is 0 Å². The van der Waals surface area contributed by atoms with Gasteiger partial charge in [-0.25, -0.2) is 9.97 Å². The van der Waals surface area contributed by atoms with Crippen LogP contribution in [0.2, 0.25) is 0 Å². The summed E-state index contributed by atoms with van der Waals surface area (Å²) in [6, 6.07) is 0. The normalized spacial score (nSPS) is 14.2. The summed E-state index contributed by atoms with van der Waals surface area (Å²) in [5, 5.41) is 13.2. The monoisotopic (exact) mass is 254 g/mol. The lowest BCUT2D eigenvalue weighted by atomic mass is 10.0. The number of nitrogens with two attached hydrogens (primary N) is 1. The standard InChI is InChI=1S/C12H22N4O2/c1-4-9-10(13)15-8-16-11(9)14-7-12(2,17)5-6-18-3/h8,17H,4-7H2,1-3H3,(H3,13,14,15,16). The molecule has 0 aliphatic rings. The highest BCUT2D eigenvalue weighted by molar-refractivity contribution is 5.54. The van der Waals surface area contributed by atoms with Crippen molar-refractivity contribution in [2.45, 2.75) is 32.3 Å². The smallest absolute Gasteiger partial charge is 0.134 e. The zero-order valence-electron chi connectivity index (χ0n) is 11.2. The van der Waals surface area contributed by atoms with Crippen LogP contribution in [0.15, 0.2) is 6.33 Å². The molecule has 0 amide bonds. The molecule has 0 spiro atoms. The minimum absolute atomic E-state index is 0.389. The highest BCUT2D eigenvalue weighted by Gasteiger charge is 2.20. The fraction of sp³-hybridized carbons (Fsp3) is 0.667. The van der Waals surface area contributed by atoms with Crippen molar-refractivity contribution in [3.8, 4) is 0 Å². The SMILES string of the molecule is CCc1c(N)ncnc1NCC(C)(O)CCOC. The molecule has 4 N–H and O–H groups in total. The molecule has 0 bridgehead atoms. The Morgan fingerprint density at radius 3 is 2.83 bits per heavy atom. The van der Waals surface area contributed by atoms with Gasteiger partial charge in [0, 0.05) is 32.2 Å². The van der Waals surface area contributed by atoms with Crippen LogP contribution in [0.1, 0.15) is 25.8 Å². The lowest BCUT2D eigenvalue weighted by Crippen LogP contribution is -2.35. The maximum Gasteiger partial charge on any atom is 0.134 e. The Labute approximate surface area is 108 Å². The Balaban J connectivity index is 2.65. The first kappa shape index (κ1) is 14.7. The molecule has 1 aromatic rings. The van der Waals surface area contributed by atoms with Crippen LogP contribution in [0.3, 0.4) is 0 Å². The topological polar surface area (TPSA) is 93.3 Å². The predicted octanol–water partition coefficient (Wildman–Crippen LogP) is 0.821. The maximum absolute atomic E-state index is 10.1. The number of methoxy groups -OCH3 is 1. The molecule has 6 heteroatoms. The Bertz CT molecular complexity index is 382. The number of rotatable bonds is 7. The van der Waals surface area contributed by atoms with E-state index in [4.69, 9.17) is 10.5 Å². The third kappa shape index (κ3) is 4.12. The lowest BCUT2D eigenvalue weighted by Gasteiger charge is -2.24. The van der Waals surface area contributed by atoms with Gasteiger partial charge in [0.2, 0.25) is 0 Å². The van der Waals surface area contributed by atoms with Crippen molar-refractivity contribution in [2.24, 2.45) is 0 Å². The van der Waals surface area contributed by atoms with Crippen LogP contribution in [-0.2, 0) is 11.2 Å². The largest absolute Gasteiger partial charge is 0.388 e. The molecule has 0 aliphatic carbocycles. The van der Waals surface area contributed by atoms with Gasteiger partial charge < -0.3 is 20.9 Å². The van der Waals surface area contributed by atoms with Crippen molar-refractivity contribution in [2.75, 3.05) is 31.3 Å². The first-order chi connectivity index (χ1) is 8.50. The van der Waals surface area contributed by atoms with E-state index in [1.54, 1.807) is 14.0 Å². The number of ether oxygens (including phenoxy) is 1. The van der Waals surface area contributed by atoms with Gasteiger partial charge in [0.15, 0.2) is 0 Å². The summed E-state index contributed by atoms with van der Waals surface area (Å²) in [5.74, 6) is 1.16. The summed E-state index contributed by atoms with van der Waals surface area (Å²) in [4.78, 5) is 8.10. The summed E-state index contributed by atoms with van der Waals surface area (Å²) in [5.41, 5.74) is 5.81. The zero-order valence-corrected chi connectivity index (χ0v) is 11.2. The molecule has 18 heavy (non-hydrogen) atoms. The highest BCUT2D eigenvalue weighted by Crippen LogP contribution is 2.19. The van der Waals surface area contributed by atoms with Gasteiger partial charge in [0.1, 0.15) is 18.0 Å². The third-order valence-electron chi connectivity index (χ3n) is 2.81. The number of anilines is 2. The van der Waals surface area contributed by atoms with Gasteiger partial charge in [-0.3, -0.25) is 0 Å². The Morgan fingerprint density at radius 1 is 1.50 bits per heavy atom. The summed E-state index contributed by atoms with van der Waals surface area (Å²) >= 11 is 0. The summed E-state index contributed by atoms with van der Waals surface area (Å²) < 4.78 is 4.96. The van der Waals surface area contributed by atoms with Crippen LogP contribution in [-0.4, -0.2) is 40.9 Å². The van der Waals surface area contributed by atoms with E-state index in [-0.39, 0.29) is 0 Å². The molecule has 0 aliphatic heterocycles. The van der Waals surface area contributed by atoms with E-state index >= 15 is 0 Å². The summed E-state index contributed by atoms with van der Waals surface area (Å²) in [7, 11) is 1.61. The van der Waals surface area contributed by atoms with Gasteiger partial charge in [0.25, 0.3) is 0 Å². The van der Waals surface area contributed by atoms with Crippen LogP contribution in [0.4, 0.5) is 11.6 Å². The molecule has 0 saturated carbocycles. The minimum Gasteiger partial charge on any atom is -0.388 e. The second-order valence-corrected chi connectivity index (χ2v) is 4.53. The van der Waals surface area contributed by atoms with Crippen molar-refractivity contribution < 1.29 is 9.84 Å². The number of nitrogen functional groups attached to an aromatic ring is 1. The zero-order chi connectivity index (χ0) is 13.6. The summed E-state index contributed by atoms with van der Waals surface area (Å²) in [6.45, 7) is 4.65. The summed E-state index contributed by atoms with van der Waals surface area (Å²) in [6.07, 6.45) is 2.72. The average molecular weight is 254 g/mol. The van der Waals surface area contributed by atoms with Crippen molar-refractivity contribution in [1.82, 2.24) is 9.97 Å². The molecule has 1 unspecified atom stereocenters. The van der Waals surface area contributed by atoms with E-state index in [1.165, 1.54) is 6.33 Å². The molecule has 102 valence electrons. The number of aliphatic hydroxyl groups is 1. The highest BCUT2D eigenvalue weighted by atomic mass is 16.5. The molecule has 6 nitrogen and oxygen atoms in total.